The lowest BCUT2D eigenvalue weighted by molar-refractivity contribution is 0.186. The number of benzene rings is 1. The number of aliphatic hydroxyl groups excluding tert-OH is 1. The Morgan fingerprint density at radius 1 is 1.25 bits per heavy atom. The average molecular weight is 297 g/mol. The van der Waals surface area contributed by atoms with Crippen LogP contribution in [0.1, 0.15) is 32.4 Å². The van der Waals surface area contributed by atoms with Crippen LogP contribution in [-0.4, -0.2) is 27.1 Å². The van der Waals surface area contributed by atoms with E-state index in [-0.39, 0.29) is 11.6 Å². The van der Waals surface area contributed by atoms with Crippen LogP contribution in [0.15, 0.2) is 18.2 Å². The van der Waals surface area contributed by atoms with Gasteiger partial charge in [0.15, 0.2) is 5.75 Å². The summed E-state index contributed by atoms with van der Waals surface area (Å²) < 4.78 is 11.6. The first-order valence-corrected chi connectivity index (χ1v) is 9.78. The minimum Gasteiger partial charge on any atom is -0.541 e. The molecule has 3 N–H and O–H groups in total. The number of ether oxygens (including phenoxy) is 1. The third-order valence-corrected chi connectivity index (χ3v) is 8.31. The van der Waals surface area contributed by atoms with Gasteiger partial charge in [-0.2, -0.15) is 0 Å². The summed E-state index contributed by atoms with van der Waals surface area (Å²) in [4.78, 5) is 0. The van der Waals surface area contributed by atoms with Gasteiger partial charge in [-0.25, -0.2) is 0 Å². The van der Waals surface area contributed by atoms with Crippen LogP contribution >= 0.6 is 0 Å². The van der Waals surface area contributed by atoms with Gasteiger partial charge in [0.05, 0.1) is 13.2 Å². The van der Waals surface area contributed by atoms with Crippen LogP contribution in [-0.2, 0) is 0 Å². The summed E-state index contributed by atoms with van der Waals surface area (Å²) in [5.74, 6) is 1.37. The van der Waals surface area contributed by atoms with Crippen LogP contribution in [0.5, 0.6) is 11.5 Å². The SMILES string of the molecule is COc1cc(C(O)CN)ccc1O[Si](C)(C)C(C)(C)C. The van der Waals surface area contributed by atoms with E-state index in [1.54, 1.807) is 13.2 Å². The van der Waals surface area contributed by atoms with E-state index >= 15 is 0 Å². The number of aliphatic hydroxyl groups is 1. The third kappa shape index (κ3) is 3.74. The molecule has 0 amide bonds. The quantitative estimate of drug-likeness (QED) is 0.820. The Hall–Kier alpha value is -1.04. The zero-order valence-corrected chi connectivity index (χ0v) is 14.4. The lowest BCUT2D eigenvalue weighted by atomic mass is 10.1. The minimum absolute atomic E-state index is 0.119. The van der Waals surface area contributed by atoms with Crippen LogP contribution in [0.3, 0.4) is 0 Å². The zero-order valence-electron chi connectivity index (χ0n) is 13.4. The molecule has 4 nitrogen and oxygen atoms in total. The van der Waals surface area contributed by atoms with E-state index in [9.17, 15) is 5.11 Å². The predicted molar refractivity (Wildman–Crippen MR) is 84.8 cm³/mol. The fraction of sp³-hybridized carbons (Fsp3) is 0.600. The van der Waals surface area contributed by atoms with Gasteiger partial charge < -0.3 is 20.0 Å². The number of nitrogens with two attached hydrogens (primary N) is 1. The van der Waals surface area contributed by atoms with Gasteiger partial charge in [0.25, 0.3) is 8.32 Å². The highest BCUT2D eigenvalue weighted by molar-refractivity contribution is 6.74. The molecule has 0 aliphatic rings. The number of hydrogen-bond acceptors (Lipinski definition) is 4. The van der Waals surface area contributed by atoms with Crippen molar-refractivity contribution in [3.63, 3.8) is 0 Å². The molecule has 0 aromatic heterocycles. The van der Waals surface area contributed by atoms with Gasteiger partial charge in [0.1, 0.15) is 5.75 Å². The lowest BCUT2D eigenvalue weighted by Gasteiger charge is -2.36. The molecule has 0 saturated carbocycles. The fourth-order valence-corrected chi connectivity index (χ4v) is 2.56. The van der Waals surface area contributed by atoms with E-state index in [1.807, 2.05) is 12.1 Å². The minimum atomic E-state index is -1.91. The summed E-state index contributed by atoms with van der Waals surface area (Å²) >= 11 is 0. The molecule has 20 heavy (non-hydrogen) atoms. The van der Waals surface area contributed by atoms with Gasteiger partial charge in [-0.15, -0.1) is 0 Å². The Bertz CT molecular complexity index is 455. The van der Waals surface area contributed by atoms with Crippen LogP contribution < -0.4 is 14.9 Å². The highest BCUT2D eigenvalue weighted by Gasteiger charge is 2.39. The molecule has 0 aliphatic carbocycles. The predicted octanol–water partition coefficient (Wildman–Crippen LogP) is 3.07. The Kier molecular flexibility index (Phi) is 5.24. The van der Waals surface area contributed by atoms with Crippen molar-refractivity contribution in [2.24, 2.45) is 5.73 Å². The molecule has 0 aliphatic heterocycles. The molecule has 1 aromatic carbocycles. The van der Waals surface area contributed by atoms with Crippen molar-refractivity contribution in [3.05, 3.63) is 23.8 Å². The summed E-state index contributed by atoms with van der Waals surface area (Å²) in [6.45, 7) is 11.1. The molecule has 5 heteroatoms. The first-order valence-electron chi connectivity index (χ1n) is 6.87. The van der Waals surface area contributed by atoms with Gasteiger partial charge in [-0.05, 0) is 35.8 Å². The maximum Gasteiger partial charge on any atom is 0.250 e. The molecule has 1 rings (SSSR count). The Labute approximate surface area is 123 Å². The maximum atomic E-state index is 9.79. The van der Waals surface area contributed by atoms with Crippen molar-refractivity contribution in [2.45, 2.75) is 45.0 Å². The molecular weight excluding hydrogens is 270 g/mol. The van der Waals surface area contributed by atoms with E-state index in [1.165, 1.54) is 0 Å². The summed E-state index contributed by atoms with van der Waals surface area (Å²) in [5, 5.41) is 9.91. The van der Waals surface area contributed by atoms with E-state index in [2.05, 4.69) is 33.9 Å². The standard InChI is InChI=1S/C15H27NO3Si/c1-15(2,3)20(5,6)19-13-8-7-11(12(17)10-16)9-14(13)18-4/h7-9,12,17H,10,16H2,1-6H3. The largest absolute Gasteiger partial charge is 0.541 e. The van der Waals surface area contributed by atoms with Crippen molar-refractivity contribution in [3.8, 4) is 11.5 Å². The normalized spacial score (nSPS) is 14.0. The second kappa shape index (κ2) is 6.16. The molecule has 1 aromatic rings. The van der Waals surface area contributed by atoms with Crippen LogP contribution in [0.25, 0.3) is 0 Å². The summed E-state index contributed by atoms with van der Waals surface area (Å²) in [6.07, 6.45) is -0.675. The molecule has 0 heterocycles. The lowest BCUT2D eigenvalue weighted by Crippen LogP contribution is -2.43. The van der Waals surface area contributed by atoms with Gasteiger partial charge in [-0.3, -0.25) is 0 Å². The molecule has 0 bridgehead atoms. The Balaban J connectivity index is 3.08. The van der Waals surface area contributed by atoms with Gasteiger partial charge in [0.2, 0.25) is 0 Å². The van der Waals surface area contributed by atoms with Gasteiger partial charge >= 0.3 is 0 Å². The first-order chi connectivity index (χ1) is 9.12. The number of rotatable bonds is 5. The molecule has 0 saturated heterocycles. The topological polar surface area (TPSA) is 64.7 Å². The Morgan fingerprint density at radius 3 is 2.30 bits per heavy atom. The second-order valence-corrected chi connectivity index (χ2v) is 11.2. The van der Waals surface area contributed by atoms with E-state index in [4.69, 9.17) is 14.9 Å². The fourth-order valence-electron chi connectivity index (χ4n) is 1.54. The van der Waals surface area contributed by atoms with Crippen LogP contribution in [0.2, 0.25) is 18.1 Å². The average Bonchev–Trinajstić information content (AvgIpc) is 2.36. The molecule has 0 spiro atoms. The first kappa shape index (κ1) is 17.0. The molecular formula is C15H27NO3Si. The smallest absolute Gasteiger partial charge is 0.250 e. The summed E-state index contributed by atoms with van der Waals surface area (Å²) in [7, 11) is -0.310. The highest BCUT2D eigenvalue weighted by atomic mass is 28.4. The molecule has 1 atom stereocenters. The summed E-state index contributed by atoms with van der Waals surface area (Å²) in [6, 6.07) is 5.48. The maximum absolute atomic E-state index is 9.79. The molecule has 0 fully saturated rings. The zero-order chi connectivity index (χ0) is 15.6. The Morgan fingerprint density at radius 2 is 1.85 bits per heavy atom. The van der Waals surface area contributed by atoms with Crippen molar-refractivity contribution >= 4 is 8.32 Å². The number of hydrogen-bond donors (Lipinski definition) is 2. The van der Waals surface area contributed by atoms with Crippen molar-refractivity contribution < 1.29 is 14.3 Å². The van der Waals surface area contributed by atoms with E-state index < -0.39 is 14.4 Å². The van der Waals surface area contributed by atoms with Crippen LogP contribution in [0.4, 0.5) is 0 Å². The molecule has 114 valence electrons. The third-order valence-electron chi connectivity index (χ3n) is 3.97. The number of methoxy groups -OCH3 is 1. The monoisotopic (exact) mass is 297 g/mol. The summed E-state index contributed by atoms with van der Waals surface area (Å²) in [5.41, 5.74) is 6.22. The van der Waals surface area contributed by atoms with Crippen LogP contribution in [0, 0.1) is 0 Å². The second-order valence-electron chi connectivity index (χ2n) is 6.52. The molecule has 1 unspecified atom stereocenters. The van der Waals surface area contributed by atoms with E-state index in [0.29, 0.717) is 5.75 Å². The van der Waals surface area contributed by atoms with Gasteiger partial charge in [-0.1, -0.05) is 26.8 Å². The van der Waals surface area contributed by atoms with E-state index in [0.717, 1.165) is 11.3 Å². The molecule has 0 radical (unpaired) electrons. The van der Waals surface area contributed by atoms with Gasteiger partial charge in [0, 0.05) is 6.54 Å². The van der Waals surface area contributed by atoms with Crippen molar-refractivity contribution in [1.82, 2.24) is 0 Å². The highest BCUT2D eigenvalue weighted by Crippen LogP contribution is 2.40. The van der Waals surface area contributed by atoms with Crippen molar-refractivity contribution in [2.75, 3.05) is 13.7 Å². The van der Waals surface area contributed by atoms with Crippen molar-refractivity contribution in [1.29, 1.82) is 0 Å².